The van der Waals surface area contributed by atoms with Crippen LogP contribution in [0.25, 0.3) is 0 Å². The highest BCUT2D eigenvalue weighted by Crippen LogP contribution is 2.11. The van der Waals surface area contributed by atoms with Gasteiger partial charge in [-0.3, -0.25) is 0 Å². The summed E-state index contributed by atoms with van der Waals surface area (Å²) in [6.07, 6.45) is 2.62. The van der Waals surface area contributed by atoms with E-state index >= 15 is 0 Å². The topological polar surface area (TPSA) is 24.5 Å². The zero-order valence-electron chi connectivity index (χ0n) is 11.3. The maximum absolute atomic E-state index is 5.55. The molecule has 0 aliphatic carbocycles. The second-order valence-electron chi connectivity index (χ2n) is 5.28. The van der Waals surface area contributed by atoms with E-state index in [1.54, 1.807) is 0 Å². The molecule has 1 aliphatic heterocycles. The molecule has 0 bridgehead atoms. The van der Waals surface area contributed by atoms with E-state index in [2.05, 4.69) is 38.0 Å². The Bertz CT molecular complexity index is 185. The summed E-state index contributed by atoms with van der Waals surface area (Å²) in [4.78, 5) is 2.42. The highest BCUT2D eigenvalue weighted by atomic mass is 16.5. The van der Waals surface area contributed by atoms with Crippen LogP contribution in [0.5, 0.6) is 0 Å². The number of nitrogens with zero attached hydrogens (tertiary/aromatic N) is 1. The van der Waals surface area contributed by atoms with E-state index in [0.717, 1.165) is 13.2 Å². The fraction of sp³-hybridized carbons (Fsp3) is 1.00. The van der Waals surface area contributed by atoms with Crippen LogP contribution in [0, 0.1) is 5.92 Å². The minimum Gasteiger partial charge on any atom is -0.380 e. The lowest BCUT2D eigenvalue weighted by atomic mass is 10.0. The van der Waals surface area contributed by atoms with Gasteiger partial charge < -0.3 is 15.0 Å². The molecule has 1 aliphatic rings. The van der Waals surface area contributed by atoms with Crippen LogP contribution >= 0.6 is 0 Å². The maximum Gasteiger partial charge on any atom is 0.0622 e. The summed E-state index contributed by atoms with van der Waals surface area (Å²) in [6.45, 7) is 10.7. The third-order valence-corrected chi connectivity index (χ3v) is 3.38. The first-order valence-corrected chi connectivity index (χ1v) is 6.65. The third-order valence-electron chi connectivity index (χ3n) is 3.38. The van der Waals surface area contributed by atoms with Gasteiger partial charge in [-0.25, -0.2) is 0 Å². The minimum atomic E-state index is 0.497. The van der Waals surface area contributed by atoms with Crippen LogP contribution in [0.15, 0.2) is 0 Å². The lowest BCUT2D eigenvalue weighted by Gasteiger charge is -2.34. The van der Waals surface area contributed by atoms with E-state index in [1.165, 1.54) is 25.9 Å². The highest BCUT2D eigenvalue weighted by molar-refractivity contribution is 4.81. The Labute approximate surface area is 101 Å². The fourth-order valence-corrected chi connectivity index (χ4v) is 2.28. The molecule has 0 saturated carbocycles. The van der Waals surface area contributed by atoms with Gasteiger partial charge in [0.1, 0.15) is 0 Å². The van der Waals surface area contributed by atoms with E-state index in [-0.39, 0.29) is 0 Å². The van der Waals surface area contributed by atoms with Crippen molar-refractivity contribution in [3.05, 3.63) is 0 Å². The Morgan fingerprint density at radius 3 is 2.75 bits per heavy atom. The summed E-state index contributed by atoms with van der Waals surface area (Å²) in [6, 6.07) is 1.14. The molecular formula is C13H28N2O. The maximum atomic E-state index is 5.55. The molecule has 3 nitrogen and oxygen atoms in total. The summed E-state index contributed by atoms with van der Waals surface area (Å²) in [5, 5.41) is 3.75. The van der Waals surface area contributed by atoms with Gasteiger partial charge in [0.25, 0.3) is 0 Å². The molecule has 1 saturated heterocycles. The van der Waals surface area contributed by atoms with Crippen molar-refractivity contribution in [3.8, 4) is 0 Å². The SMILES string of the molecule is CCOCC(NC1CCCN(C)C1)C(C)C. The number of likely N-dealkylation sites (N-methyl/N-ethyl adjacent to an activating group) is 1. The fourth-order valence-electron chi connectivity index (χ4n) is 2.28. The summed E-state index contributed by atoms with van der Waals surface area (Å²) < 4.78 is 5.55. The number of hydrogen-bond acceptors (Lipinski definition) is 3. The van der Waals surface area contributed by atoms with E-state index in [0.29, 0.717) is 18.0 Å². The van der Waals surface area contributed by atoms with Crippen LogP contribution in [0.4, 0.5) is 0 Å². The van der Waals surface area contributed by atoms with Gasteiger partial charge in [0.05, 0.1) is 6.61 Å². The standard InChI is InChI=1S/C13H28N2O/c1-5-16-10-13(11(2)3)14-12-7-6-8-15(4)9-12/h11-14H,5-10H2,1-4H3. The molecule has 96 valence electrons. The normalized spacial score (nSPS) is 24.9. The van der Waals surface area contributed by atoms with E-state index in [9.17, 15) is 0 Å². The Morgan fingerprint density at radius 1 is 1.44 bits per heavy atom. The Kier molecular flexibility index (Phi) is 6.32. The van der Waals surface area contributed by atoms with Crippen molar-refractivity contribution >= 4 is 0 Å². The van der Waals surface area contributed by atoms with E-state index < -0.39 is 0 Å². The average Bonchev–Trinajstić information content (AvgIpc) is 2.24. The number of piperidine rings is 1. The number of ether oxygens (including phenoxy) is 1. The largest absolute Gasteiger partial charge is 0.380 e. The van der Waals surface area contributed by atoms with Crippen molar-refractivity contribution in [2.45, 2.75) is 45.7 Å². The Hall–Kier alpha value is -0.120. The molecule has 16 heavy (non-hydrogen) atoms. The molecule has 2 unspecified atom stereocenters. The van der Waals surface area contributed by atoms with Gasteiger partial charge in [-0.1, -0.05) is 13.8 Å². The second-order valence-corrected chi connectivity index (χ2v) is 5.28. The number of hydrogen-bond donors (Lipinski definition) is 1. The van der Waals surface area contributed by atoms with Gasteiger partial charge in [0, 0.05) is 25.2 Å². The van der Waals surface area contributed by atoms with E-state index in [1.807, 2.05) is 0 Å². The molecule has 0 radical (unpaired) electrons. The van der Waals surface area contributed by atoms with Crippen molar-refractivity contribution in [2.24, 2.45) is 5.92 Å². The molecule has 0 aromatic rings. The molecule has 0 aromatic heterocycles. The van der Waals surface area contributed by atoms with Gasteiger partial charge in [-0.15, -0.1) is 0 Å². The first-order chi connectivity index (χ1) is 7.63. The smallest absolute Gasteiger partial charge is 0.0622 e. The average molecular weight is 228 g/mol. The van der Waals surface area contributed by atoms with Crippen molar-refractivity contribution in [1.82, 2.24) is 10.2 Å². The number of rotatable bonds is 6. The highest BCUT2D eigenvalue weighted by Gasteiger charge is 2.22. The quantitative estimate of drug-likeness (QED) is 0.749. The molecule has 0 spiro atoms. The van der Waals surface area contributed by atoms with Crippen molar-refractivity contribution in [2.75, 3.05) is 33.4 Å². The predicted molar refractivity (Wildman–Crippen MR) is 68.8 cm³/mol. The monoisotopic (exact) mass is 228 g/mol. The summed E-state index contributed by atoms with van der Waals surface area (Å²) in [5.74, 6) is 0.638. The summed E-state index contributed by atoms with van der Waals surface area (Å²) in [7, 11) is 2.21. The molecular weight excluding hydrogens is 200 g/mol. The van der Waals surface area contributed by atoms with Crippen molar-refractivity contribution < 1.29 is 4.74 Å². The van der Waals surface area contributed by atoms with E-state index in [4.69, 9.17) is 4.74 Å². The van der Waals surface area contributed by atoms with Crippen molar-refractivity contribution in [3.63, 3.8) is 0 Å². The van der Waals surface area contributed by atoms with Crippen LogP contribution in [-0.2, 0) is 4.74 Å². The lowest BCUT2D eigenvalue weighted by Crippen LogP contribution is -2.51. The molecule has 0 amide bonds. The molecule has 2 atom stereocenters. The second kappa shape index (κ2) is 7.25. The van der Waals surface area contributed by atoms with Crippen LogP contribution in [0.3, 0.4) is 0 Å². The summed E-state index contributed by atoms with van der Waals surface area (Å²) >= 11 is 0. The first-order valence-electron chi connectivity index (χ1n) is 6.65. The van der Waals surface area contributed by atoms with Gasteiger partial charge in [-0.2, -0.15) is 0 Å². The van der Waals surface area contributed by atoms with Gasteiger partial charge in [0.15, 0.2) is 0 Å². The molecule has 1 N–H and O–H groups in total. The number of likely N-dealkylation sites (tertiary alicyclic amines) is 1. The minimum absolute atomic E-state index is 0.497. The van der Waals surface area contributed by atoms with Crippen LogP contribution in [0.1, 0.15) is 33.6 Å². The van der Waals surface area contributed by atoms with Crippen LogP contribution in [-0.4, -0.2) is 50.3 Å². The lowest BCUT2D eigenvalue weighted by molar-refractivity contribution is 0.0953. The molecule has 0 aromatic carbocycles. The molecule has 1 rings (SSSR count). The van der Waals surface area contributed by atoms with Crippen molar-refractivity contribution in [1.29, 1.82) is 0 Å². The zero-order chi connectivity index (χ0) is 12.0. The van der Waals surface area contributed by atoms with Gasteiger partial charge in [0.2, 0.25) is 0 Å². The first kappa shape index (κ1) is 13.9. The predicted octanol–water partition coefficient (Wildman–Crippen LogP) is 1.73. The van der Waals surface area contributed by atoms with Gasteiger partial charge in [-0.05, 0) is 39.3 Å². The van der Waals surface area contributed by atoms with Crippen LogP contribution in [0.2, 0.25) is 0 Å². The number of nitrogens with one attached hydrogen (secondary N) is 1. The molecule has 1 fully saturated rings. The van der Waals surface area contributed by atoms with Crippen LogP contribution < -0.4 is 5.32 Å². The zero-order valence-corrected chi connectivity index (χ0v) is 11.3. The third kappa shape index (κ3) is 4.81. The summed E-state index contributed by atoms with van der Waals surface area (Å²) in [5.41, 5.74) is 0. The Morgan fingerprint density at radius 2 is 2.19 bits per heavy atom. The Balaban J connectivity index is 2.34. The molecule has 3 heteroatoms. The molecule has 1 heterocycles. The van der Waals surface area contributed by atoms with Gasteiger partial charge >= 0.3 is 0 Å².